The van der Waals surface area contributed by atoms with Crippen LogP contribution in [0.2, 0.25) is 0 Å². The summed E-state index contributed by atoms with van der Waals surface area (Å²) in [7, 11) is 0. The molecule has 1 heterocycles. The maximum Gasteiger partial charge on any atom is 0.256 e. The first-order valence-electron chi connectivity index (χ1n) is 7.09. The minimum Gasteiger partial charge on any atom is -0.339 e. The molecule has 2 aromatic rings. The van der Waals surface area contributed by atoms with Crippen LogP contribution in [-0.2, 0) is 0 Å². The first kappa shape index (κ1) is 15.0. The van der Waals surface area contributed by atoms with E-state index in [9.17, 15) is 4.79 Å². The monoisotopic (exact) mass is 284 g/mol. The number of benzene rings is 1. The molecular weight excluding hydrogens is 264 g/mol. The zero-order valence-corrected chi connectivity index (χ0v) is 12.6. The standard InChI is InChI=1S/C16H20N4O/c1-4-20(5-2)15(21)13-10-17-16(18-11-13)19-14-8-6-12(3)7-9-14/h6-11H,4-5H2,1-3H3,(H,17,18,19). The molecule has 1 N–H and O–H groups in total. The van der Waals surface area contributed by atoms with Gasteiger partial charge in [-0.15, -0.1) is 0 Å². The van der Waals surface area contributed by atoms with Crippen molar-refractivity contribution in [2.45, 2.75) is 20.8 Å². The maximum absolute atomic E-state index is 12.1. The minimum atomic E-state index is -0.0399. The molecule has 0 bridgehead atoms. The summed E-state index contributed by atoms with van der Waals surface area (Å²) in [4.78, 5) is 22.3. The Morgan fingerprint density at radius 2 is 1.67 bits per heavy atom. The van der Waals surface area contributed by atoms with Gasteiger partial charge in [0.15, 0.2) is 0 Å². The predicted octanol–water partition coefficient (Wildman–Crippen LogP) is 3.01. The smallest absolute Gasteiger partial charge is 0.256 e. The minimum absolute atomic E-state index is 0.0399. The van der Waals surface area contributed by atoms with E-state index in [-0.39, 0.29) is 5.91 Å². The van der Waals surface area contributed by atoms with Crippen molar-refractivity contribution in [2.75, 3.05) is 18.4 Å². The van der Waals surface area contributed by atoms with Crippen molar-refractivity contribution < 1.29 is 4.79 Å². The van der Waals surface area contributed by atoms with E-state index in [0.29, 0.717) is 24.6 Å². The highest BCUT2D eigenvalue weighted by molar-refractivity contribution is 5.93. The van der Waals surface area contributed by atoms with E-state index < -0.39 is 0 Å². The van der Waals surface area contributed by atoms with E-state index >= 15 is 0 Å². The number of carbonyl (C=O) groups excluding carboxylic acids is 1. The Morgan fingerprint density at radius 3 is 2.19 bits per heavy atom. The molecule has 0 aliphatic carbocycles. The molecule has 0 aliphatic heterocycles. The van der Waals surface area contributed by atoms with Crippen LogP contribution in [0.4, 0.5) is 11.6 Å². The number of aryl methyl sites for hydroxylation is 1. The molecule has 110 valence electrons. The zero-order chi connectivity index (χ0) is 15.2. The van der Waals surface area contributed by atoms with Gasteiger partial charge in [0, 0.05) is 31.2 Å². The topological polar surface area (TPSA) is 58.1 Å². The summed E-state index contributed by atoms with van der Waals surface area (Å²) >= 11 is 0. The summed E-state index contributed by atoms with van der Waals surface area (Å²) < 4.78 is 0. The lowest BCUT2D eigenvalue weighted by molar-refractivity contribution is 0.0772. The highest BCUT2D eigenvalue weighted by atomic mass is 16.2. The molecule has 0 saturated heterocycles. The van der Waals surface area contributed by atoms with E-state index in [0.717, 1.165) is 5.69 Å². The number of hydrogen-bond donors (Lipinski definition) is 1. The summed E-state index contributed by atoms with van der Waals surface area (Å²) in [5.74, 6) is 0.442. The van der Waals surface area contributed by atoms with Crippen molar-refractivity contribution in [1.29, 1.82) is 0 Å². The van der Waals surface area contributed by atoms with E-state index in [1.54, 1.807) is 17.3 Å². The van der Waals surface area contributed by atoms with Gasteiger partial charge >= 0.3 is 0 Å². The van der Waals surface area contributed by atoms with Gasteiger partial charge in [-0.3, -0.25) is 4.79 Å². The third-order valence-electron chi connectivity index (χ3n) is 3.26. The summed E-state index contributed by atoms with van der Waals surface area (Å²) in [6.07, 6.45) is 3.12. The lowest BCUT2D eigenvalue weighted by atomic mass is 10.2. The molecule has 0 spiro atoms. The third kappa shape index (κ3) is 3.78. The molecule has 0 aliphatic rings. The fraction of sp³-hybridized carbons (Fsp3) is 0.312. The fourth-order valence-corrected chi connectivity index (χ4v) is 1.96. The van der Waals surface area contributed by atoms with E-state index in [4.69, 9.17) is 0 Å². The quantitative estimate of drug-likeness (QED) is 0.917. The van der Waals surface area contributed by atoms with E-state index in [2.05, 4.69) is 15.3 Å². The molecule has 5 heteroatoms. The Bertz CT molecular complexity index is 589. The number of anilines is 2. The van der Waals surface area contributed by atoms with Gasteiger partial charge in [-0.2, -0.15) is 0 Å². The van der Waals surface area contributed by atoms with Gasteiger partial charge in [0.25, 0.3) is 5.91 Å². The molecule has 21 heavy (non-hydrogen) atoms. The highest BCUT2D eigenvalue weighted by Crippen LogP contribution is 2.13. The van der Waals surface area contributed by atoms with Crippen molar-refractivity contribution >= 4 is 17.5 Å². The second kappa shape index (κ2) is 6.83. The van der Waals surface area contributed by atoms with Crippen LogP contribution in [0, 0.1) is 6.92 Å². The summed E-state index contributed by atoms with van der Waals surface area (Å²) in [6, 6.07) is 7.96. The average molecular weight is 284 g/mol. The Hall–Kier alpha value is -2.43. The van der Waals surface area contributed by atoms with Gasteiger partial charge < -0.3 is 10.2 Å². The number of nitrogens with one attached hydrogen (secondary N) is 1. The van der Waals surface area contributed by atoms with Crippen LogP contribution in [0.3, 0.4) is 0 Å². The second-order valence-electron chi connectivity index (χ2n) is 4.76. The van der Waals surface area contributed by atoms with Crippen LogP contribution in [0.5, 0.6) is 0 Å². The number of hydrogen-bond acceptors (Lipinski definition) is 4. The van der Waals surface area contributed by atoms with Gasteiger partial charge in [-0.05, 0) is 32.9 Å². The van der Waals surface area contributed by atoms with Gasteiger partial charge in [0.1, 0.15) is 0 Å². The van der Waals surface area contributed by atoms with Crippen molar-refractivity contribution in [3.8, 4) is 0 Å². The van der Waals surface area contributed by atoms with Crippen molar-refractivity contribution in [1.82, 2.24) is 14.9 Å². The molecular formula is C16H20N4O. The Balaban J connectivity index is 2.08. The molecule has 1 aromatic heterocycles. The zero-order valence-electron chi connectivity index (χ0n) is 12.6. The normalized spacial score (nSPS) is 10.2. The van der Waals surface area contributed by atoms with Crippen LogP contribution >= 0.6 is 0 Å². The summed E-state index contributed by atoms with van der Waals surface area (Å²) in [5.41, 5.74) is 2.62. The van der Waals surface area contributed by atoms with Crippen molar-refractivity contribution in [2.24, 2.45) is 0 Å². The molecule has 1 aromatic carbocycles. The molecule has 1 amide bonds. The lowest BCUT2D eigenvalue weighted by Gasteiger charge is -2.18. The van der Waals surface area contributed by atoms with Gasteiger partial charge in [-0.1, -0.05) is 17.7 Å². The van der Waals surface area contributed by atoms with Crippen LogP contribution in [0.1, 0.15) is 29.8 Å². The maximum atomic E-state index is 12.1. The van der Waals surface area contributed by atoms with Crippen molar-refractivity contribution in [3.63, 3.8) is 0 Å². The first-order valence-corrected chi connectivity index (χ1v) is 7.09. The Morgan fingerprint density at radius 1 is 1.10 bits per heavy atom. The largest absolute Gasteiger partial charge is 0.339 e. The predicted molar refractivity (Wildman–Crippen MR) is 83.7 cm³/mol. The number of nitrogens with zero attached hydrogens (tertiary/aromatic N) is 3. The molecule has 0 unspecified atom stereocenters. The van der Waals surface area contributed by atoms with Crippen LogP contribution in [0.15, 0.2) is 36.7 Å². The van der Waals surface area contributed by atoms with Crippen LogP contribution < -0.4 is 5.32 Å². The molecule has 0 radical (unpaired) electrons. The lowest BCUT2D eigenvalue weighted by Crippen LogP contribution is -2.30. The van der Waals surface area contributed by atoms with Gasteiger partial charge in [-0.25, -0.2) is 9.97 Å². The number of aromatic nitrogens is 2. The Labute approximate surface area is 125 Å². The van der Waals surface area contributed by atoms with E-state index in [1.807, 2.05) is 45.0 Å². The molecule has 5 nitrogen and oxygen atoms in total. The first-order chi connectivity index (χ1) is 10.1. The summed E-state index contributed by atoms with van der Waals surface area (Å²) in [5, 5.41) is 3.11. The molecule has 0 fully saturated rings. The van der Waals surface area contributed by atoms with Gasteiger partial charge in [0.05, 0.1) is 5.56 Å². The number of carbonyl (C=O) groups is 1. The third-order valence-corrected chi connectivity index (χ3v) is 3.26. The van der Waals surface area contributed by atoms with E-state index in [1.165, 1.54) is 5.56 Å². The SMILES string of the molecule is CCN(CC)C(=O)c1cnc(Nc2ccc(C)cc2)nc1. The van der Waals surface area contributed by atoms with Gasteiger partial charge in [0.2, 0.25) is 5.95 Å². The Kier molecular flexibility index (Phi) is 4.87. The highest BCUT2D eigenvalue weighted by Gasteiger charge is 2.13. The fourth-order valence-electron chi connectivity index (χ4n) is 1.96. The van der Waals surface area contributed by atoms with Crippen LogP contribution in [-0.4, -0.2) is 33.9 Å². The average Bonchev–Trinajstić information content (AvgIpc) is 2.51. The number of amides is 1. The second-order valence-corrected chi connectivity index (χ2v) is 4.76. The van der Waals surface area contributed by atoms with Crippen molar-refractivity contribution in [3.05, 3.63) is 47.8 Å². The molecule has 2 rings (SSSR count). The molecule has 0 saturated carbocycles. The summed E-state index contributed by atoms with van der Waals surface area (Å²) in [6.45, 7) is 7.30. The van der Waals surface area contributed by atoms with Crippen LogP contribution in [0.25, 0.3) is 0 Å². The molecule has 0 atom stereocenters. The number of rotatable bonds is 5.